The van der Waals surface area contributed by atoms with Crippen molar-refractivity contribution in [2.24, 2.45) is 0 Å². The molecule has 0 saturated carbocycles. The third-order valence-electron chi connectivity index (χ3n) is 5.93. The standard InChI is InChI=1S/C29H29NO3S.C3H6/c1-20(2)26-15-23-12-8-14-30-29(23)28(17-26)22-11-7-13-27(16-22)33-18-24-9-5-6-10-25(24)19-34(31,32)21(3)4;1-3-2/h5-17,20H,3,18-19H2,1-2,4H3;3H,1H2,2H3. The SMILES string of the molecule is C=C(C)S(=O)(=O)Cc1ccccc1COc1cccc(-c2cc(C(C)C)cc3cccnc23)c1.C=CC. The van der Waals surface area contributed by atoms with Crippen molar-refractivity contribution in [3.63, 3.8) is 0 Å². The zero-order chi connectivity index (χ0) is 27.0. The van der Waals surface area contributed by atoms with Crippen molar-refractivity contribution >= 4 is 20.7 Å². The number of nitrogens with zero attached hydrogens (tertiary/aromatic N) is 1. The van der Waals surface area contributed by atoms with E-state index in [0.717, 1.165) is 33.2 Å². The number of pyridine rings is 1. The number of benzene rings is 3. The number of ether oxygens (including phenoxy) is 1. The fourth-order valence-electron chi connectivity index (χ4n) is 3.85. The summed E-state index contributed by atoms with van der Waals surface area (Å²) in [5, 5.41) is 1.11. The predicted molar refractivity (Wildman–Crippen MR) is 155 cm³/mol. The number of rotatable bonds is 8. The van der Waals surface area contributed by atoms with Crippen molar-refractivity contribution in [3.05, 3.63) is 120 Å². The third-order valence-corrected chi connectivity index (χ3v) is 7.68. The van der Waals surface area contributed by atoms with Gasteiger partial charge in [0.05, 0.1) is 11.3 Å². The quantitative estimate of drug-likeness (QED) is 0.223. The van der Waals surface area contributed by atoms with Gasteiger partial charge >= 0.3 is 0 Å². The highest BCUT2D eigenvalue weighted by Gasteiger charge is 2.16. The Kier molecular flexibility index (Phi) is 9.42. The third kappa shape index (κ3) is 7.17. The van der Waals surface area contributed by atoms with Crippen molar-refractivity contribution in [1.29, 1.82) is 0 Å². The van der Waals surface area contributed by atoms with Crippen LogP contribution in [0.3, 0.4) is 0 Å². The zero-order valence-corrected chi connectivity index (χ0v) is 22.9. The summed E-state index contributed by atoms with van der Waals surface area (Å²) < 4.78 is 30.8. The summed E-state index contributed by atoms with van der Waals surface area (Å²) in [5.41, 5.74) is 5.88. The van der Waals surface area contributed by atoms with Crippen LogP contribution in [0, 0.1) is 0 Å². The molecule has 5 heteroatoms. The van der Waals surface area contributed by atoms with E-state index in [0.29, 0.717) is 11.7 Å². The van der Waals surface area contributed by atoms with E-state index in [2.05, 4.69) is 56.3 Å². The molecule has 4 aromatic rings. The fourth-order valence-corrected chi connectivity index (χ4v) is 4.79. The van der Waals surface area contributed by atoms with Crippen LogP contribution in [0.25, 0.3) is 22.0 Å². The minimum Gasteiger partial charge on any atom is -0.489 e. The molecule has 1 heterocycles. The molecule has 0 atom stereocenters. The molecule has 192 valence electrons. The Morgan fingerprint density at radius 2 is 1.70 bits per heavy atom. The highest BCUT2D eigenvalue weighted by atomic mass is 32.2. The summed E-state index contributed by atoms with van der Waals surface area (Å²) in [5.74, 6) is 1.03. The summed E-state index contributed by atoms with van der Waals surface area (Å²) in [6.45, 7) is 15.0. The molecular formula is C32H35NO3S. The van der Waals surface area contributed by atoms with Crippen LogP contribution in [0.4, 0.5) is 0 Å². The molecule has 0 fully saturated rings. The van der Waals surface area contributed by atoms with Gasteiger partial charge in [0.15, 0.2) is 9.84 Å². The highest BCUT2D eigenvalue weighted by molar-refractivity contribution is 7.94. The van der Waals surface area contributed by atoms with Crippen molar-refractivity contribution in [2.45, 2.75) is 46.0 Å². The number of aromatic nitrogens is 1. The zero-order valence-electron chi connectivity index (χ0n) is 22.1. The molecule has 0 N–H and O–H groups in total. The smallest absolute Gasteiger partial charge is 0.177 e. The maximum Gasteiger partial charge on any atom is 0.177 e. The largest absolute Gasteiger partial charge is 0.489 e. The summed E-state index contributed by atoms with van der Waals surface area (Å²) in [7, 11) is -3.39. The van der Waals surface area contributed by atoms with E-state index < -0.39 is 9.84 Å². The lowest BCUT2D eigenvalue weighted by atomic mass is 9.94. The van der Waals surface area contributed by atoms with Gasteiger partial charge in [0, 0.05) is 22.1 Å². The number of allylic oxidation sites excluding steroid dienone is 2. The Balaban J connectivity index is 0.00000121. The van der Waals surface area contributed by atoms with Gasteiger partial charge in [-0.2, -0.15) is 0 Å². The van der Waals surface area contributed by atoms with Gasteiger partial charge in [-0.25, -0.2) is 8.42 Å². The molecule has 0 aliphatic heterocycles. The lowest BCUT2D eigenvalue weighted by Gasteiger charge is -2.14. The molecule has 0 aliphatic rings. The Morgan fingerprint density at radius 1 is 1.00 bits per heavy atom. The van der Waals surface area contributed by atoms with E-state index in [1.807, 2.05) is 61.7 Å². The molecule has 1 aromatic heterocycles. The van der Waals surface area contributed by atoms with Crippen LogP contribution in [-0.4, -0.2) is 13.4 Å². The molecule has 0 aliphatic carbocycles. The second-order valence-electron chi connectivity index (χ2n) is 9.25. The van der Waals surface area contributed by atoms with Crippen LogP contribution in [0.1, 0.15) is 50.3 Å². The Morgan fingerprint density at radius 3 is 2.38 bits per heavy atom. The molecule has 0 amide bonds. The molecule has 37 heavy (non-hydrogen) atoms. The van der Waals surface area contributed by atoms with Gasteiger partial charge in [-0.15, -0.1) is 6.58 Å². The Bertz CT molecular complexity index is 1500. The number of hydrogen-bond acceptors (Lipinski definition) is 4. The first-order valence-electron chi connectivity index (χ1n) is 12.3. The van der Waals surface area contributed by atoms with Crippen LogP contribution < -0.4 is 4.74 Å². The average Bonchev–Trinajstić information content (AvgIpc) is 2.88. The fraction of sp³-hybridized carbons (Fsp3) is 0.219. The van der Waals surface area contributed by atoms with E-state index in [1.165, 1.54) is 12.5 Å². The lowest BCUT2D eigenvalue weighted by Crippen LogP contribution is -2.08. The van der Waals surface area contributed by atoms with Crippen LogP contribution >= 0.6 is 0 Å². The summed E-state index contributed by atoms with van der Waals surface area (Å²) >= 11 is 0. The van der Waals surface area contributed by atoms with Gasteiger partial charge in [0.1, 0.15) is 12.4 Å². The molecule has 4 rings (SSSR count). The minimum atomic E-state index is -3.39. The van der Waals surface area contributed by atoms with E-state index in [9.17, 15) is 8.42 Å². The van der Waals surface area contributed by atoms with Crippen molar-refractivity contribution in [3.8, 4) is 16.9 Å². The minimum absolute atomic E-state index is 0.0818. The predicted octanol–water partition coefficient (Wildman–Crippen LogP) is 8.24. The van der Waals surface area contributed by atoms with Gasteiger partial charge in [0.2, 0.25) is 0 Å². The molecule has 0 saturated heterocycles. The number of hydrogen-bond donors (Lipinski definition) is 0. The number of fused-ring (bicyclic) bond motifs is 1. The normalized spacial score (nSPS) is 11.1. The molecular weight excluding hydrogens is 478 g/mol. The van der Waals surface area contributed by atoms with Gasteiger partial charge in [-0.1, -0.05) is 69.0 Å². The highest BCUT2D eigenvalue weighted by Crippen LogP contribution is 2.33. The summed E-state index contributed by atoms with van der Waals surface area (Å²) in [6.07, 6.45) is 3.57. The molecule has 3 aromatic carbocycles. The summed E-state index contributed by atoms with van der Waals surface area (Å²) in [4.78, 5) is 4.80. The van der Waals surface area contributed by atoms with Gasteiger partial charge in [-0.3, -0.25) is 4.98 Å². The van der Waals surface area contributed by atoms with E-state index in [1.54, 1.807) is 6.08 Å². The number of sulfone groups is 1. The Hall–Kier alpha value is -3.70. The maximum atomic E-state index is 12.4. The molecule has 0 spiro atoms. The van der Waals surface area contributed by atoms with Gasteiger partial charge in [-0.05, 0) is 72.4 Å². The van der Waals surface area contributed by atoms with E-state index in [4.69, 9.17) is 4.74 Å². The molecule has 4 nitrogen and oxygen atoms in total. The van der Waals surface area contributed by atoms with Crippen LogP contribution in [-0.2, 0) is 22.2 Å². The first kappa shape index (κ1) is 27.9. The van der Waals surface area contributed by atoms with Crippen LogP contribution in [0.5, 0.6) is 5.75 Å². The van der Waals surface area contributed by atoms with Gasteiger partial charge in [0.25, 0.3) is 0 Å². The maximum absolute atomic E-state index is 12.4. The summed E-state index contributed by atoms with van der Waals surface area (Å²) in [6, 6.07) is 23.9. The molecule has 0 unspecified atom stereocenters. The van der Waals surface area contributed by atoms with Crippen molar-refractivity contribution < 1.29 is 13.2 Å². The van der Waals surface area contributed by atoms with Crippen molar-refractivity contribution in [1.82, 2.24) is 4.98 Å². The first-order valence-corrected chi connectivity index (χ1v) is 14.0. The van der Waals surface area contributed by atoms with Crippen molar-refractivity contribution in [2.75, 3.05) is 0 Å². The lowest BCUT2D eigenvalue weighted by molar-refractivity contribution is 0.305. The second-order valence-corrected chi connectivity index (χ2v) is 11.5. The topological polar surface area (TPSA) is 56.3 Å². The monoisotopic (exact) mass is 513 g/mol. The second kappa shape index (κ2) is 12.5. The average molecular weight is 514 g/mol. The van der Waals surface area contributed by atoms with E-state index >= 15 is 0 Å². The Labute approximate surface area is 221 Å². The van der Waals surface area contributed by atoms with E-state index in [-0.39, 0.29) is 17.3 Å². The van der Waals surface area contributed by atoms with Crippen LogP contribution in [0.15, 0.2) is 103 Å². The molecule has 0 bridgehead atoms. The molecule has 0 radical (unpaired) electrons. The van der Waals surface area contributed by atoms with Crippen LogP contribution in [0.2, 0.25) is 0 Å². The first-order chi connectivity index (χ1) is 17.7. The van der Waals surface area contributed by atoms with Gasteiger partial charge < -0.3 is 4.74 Å².